The highest BCUT2D eigenvalue weighted by molar-refractivity contribution is 7.99. The molecule has 0 aliphatic heterocycles. The van der Waals surface area contributed by atoms with Crippen LogP contribution in [-0.4, -0.2) is 40.0 Å². The Kier molecular flexibility index (Phi) is 6.59. The van der Waals surface area contributed by atoms with E-state index in [1.165, 1.54) is 22.9 Å². The average molecular weight is 414 g/mol. The molecule has 0 N–H and O–H groups in total. The Labute approximate surface area is 175 Å². The highest BCUT2D eigenvalue weighted by Gasteiger charge is 2.20. The molecule has 0 saturated heterocycles. The minimum Gasteiger partial charge on any atom is -0.411 e. The number of rotatable bonds is 8. The molecule has 29 heavy (non-hydrogen) atoms. The molecule has 0 fully saturated rings. The summed E-state index contributed by atoms with van der Waals surface area (Å²) in [5.41, 5.74) is 6.00. The van der Waals surface area contributed by atoms with Gasteiger partial charge in [0.05, 0.1) is 18.4 Å². The fourth-order valence-corrected chi connectivity index (χ4v) is 4.16. The van der Waals surface area contributed by atoms with E-state index in [4.69, 9.17) is 9.15 Å². The SMILES string of the molecule is COC[C@@H](C)n1c(C)cc(C(=O)CSc2nnc(-c3ccc(C)c(C)c3)o2)c1C. The van der Waals surface area contributed by atoms with E-state index >= 15 is 0 Å². The second-order valence-corrected chi connectivity index (χ2v) is 8.27. The Hall–Kier alpha value is -2.38. The molecular formula is C22H27N3O3S. The highest BCUT2D eigenvalue weighted by atomic mass is 32.2. The number of methoxy groups -OCH3 is 1. The summed E-state index contributed by atoms with van der Waals surface area (Å²) in [7, 11) is 1.68. The molecule has 1 atom stereocenters. The number of benzene rings is 1. The van der Waals surface area contributed by atoms with E-state index in [0.717, 1.165) is 22.5 Å². The van der Waals surface area contributed by atoms with Crippen LogP contribution in [-0.2, 0) is 4.74 Å². The molecule has 7 heteroatoms. The summed E-state index contributed by atoms with van der Waals surface area (Å²) in [6, 6.07) is 8.14. The van der Waals surface area contributed by atoms with E-state index in [1.54, 1.807) is 7.11 Å². The Morgan fingerprint density at radius 2 is 1.93 bits per heavy atom. The van der Waals surface area contributed by atoms with Crippen LogP contribution < -0.4 is 0 Å². The number of thioether (sulfide) groups is 1. The first kappa shape index (κ1) is 21.3. The van der Waals surface area contributed by atoms with Crippen molar-refractivity contribution in [3.8, 4) is 11.5 Å². The van der Waals surface area contributed by atoms with Crippen LogP contribution in [0.4, 0.5) is 0 Å². The lowest BCUT2D eigenvalue weighted by molar-refractivity contribution is 0.102. The minimum atomic E-state index is 0.0462. The zero-order chi connectivity index (χ0) is 21.1. The smallest absolute Gasteiger partial charge is 0.277 e. The van der Waals surface area contributed by atoms with Gasteiger partial charge in [0.25, 0.3) is 5.22 Å². The van der Waals surface area contributed by atoms with Crippen molar-refractivity contribution in [2.75, 3.05) is 19.5 Å². The van der Waals surface area contributed by atoms with Crippen LogP contribution >= 0.6 is 11.8 Å². The van der Waals surface area contributed by atoms with Gasteiger partial charge in [0.2, 0.25) is 5.89 Å². The lowest BCUT2D eigenvalue weighted by Crippen LogP contribution is -2.14. The Bertz CT molecular complexity index is 1020. The minimum absolute atomic E-state index is 0.0462. The van der Waals surface area contributed by atoms with Crippen molar-refractivity contribution in [3.05, 3.63) is 52.3 Å². The van der Waals surface area contributed by atoms with Crippen LogP contribution in [0.3, 0.4) is 0 Å². The maximum Gasteiger partial charge on any atom is 0.277 e. The molecule has 0 spiro atoms. The van der Waals surface area contributed by atoms with Gasteiger partial charge in [-0.05, 0) is 63.9 Å². The zero-order valence-electron chi connectivity index (χ0n) is 17.8. The quantitative estimate of drug-likeness (QED) is 0.384. The van der Waals surface area contributed by atoms with E-state index in [9.17, 15) is 4.79 Å². The molecule has 2 aromatic heterocycles. The van der Waals surface area contributed by atoms with Crippen molar-refractivity contribution >= 4 is 17.5 Å². The standard InChI is InChI=1S/C22H27N3O3S/c1-13-7-8-18(9-14(13)2)21-23-24-22(28-21)29-12-20(26)19-10-15(3)25(17(19)5)16(4)11-27-6/h7-10,16H,11-12H2,1-6H3/t16-/m1/s1. The predicted molar refractivity (Wildman–Crippen MR) is 115 cm³/mol. The van der Waals surface area contributed by atoms with E-state index in [2.05, 4.69) is 28.6 Å². The lowest BCUT2D eigenvalue weighted by Gasteiger charge is -2.17. The number of hydrogen-bond donors (Lipinski definition) is 0. The number of nitrogens with zero attached hydrogens (tertiary/aromatic N) is 3. The van der Waals surface area contributed by atoms with Crippen LogP contribution in [0.2, 0.25) is 0 Å². The zero-order valence-corrected chi connectivity index (χ0v) is 18.6. The molecular weight excluding hydrogens is 386 g/mol. The maximum absolute atomic E-state index is 12.8. The second-order valence-electron chi connectivity index (χ2n) is 7.34. The van der Waals surface area contributed by atoms with Crippen molar-refractivity contribution in [2.24, 2.45) is 0 Å². The molecule has 6 nitrogen and oxygen atoms in total. The molecule has 2 heterocycles. The summed E-state index contributed by atoms with van der Waals surface area (Å²) in [6.45, 7) is 10.8. The van der Waals surface area contributed by atoms with Crippen molar-refractivity contribution in [1.29, 1.82) is 0 Å². The van der Waals surface area contributed by atoms with Crippen LogP contribution in [0, 0.1) is 27.7 Å². The molecule has 0 aliphatic carbocycles. The van der Waals surface area contributed by atoms with Gasteiger partial charge in [-0.1, -0.05) is 17.8 Å². The molecule has 0 saturated carbocycles. The Morgan fingerprint density at radius 1 is 1.17 bits per heavy atom. The second kappa shape index (κ2) is 8.97. The largest absolute Gasteiger partial charge is 0.411 e. The van der Waals surface area contributed by atoms with Crippen LogP contribution in [0.15, 0.2) is 33.9 Å². The van der Waals surface area contributed by atoms with Gasteiger partial charge in [0.1, 0.15) is 0 Å². The summed E-state index contributed by atoms with van der Waals surface area (Å²) >= 11 is 1.26. The Balaban J connectivity index is 1.69. The summed E-state index contributed by atoms with van der Waals surface area (Å²) in [5.74, 6) is 0.761. The van der Waals surface area contributed by atoms with Gasteiger partial charge in [-0.25, -0.2) is 0 Å². The normalized spacial score (nSPS) is 12.3. The molecule has 3 aromatic rings. The third-order valence-corrected chi connectivity index (χ3v) is 5.94. The summed E-state index contributed by atoms with van der Waals surface area (Å²) in [5, 5.41) is 8.60. The molecule has 0 bridgehead atoms. The molecule has 1 aromatic carbocycles. The lowest BCUT2D eigenvalue weighted by atomic mass is 10.1. The monoisotopic (exact) mass is 413 g/mol. The number of ketones is 1. The van der Waals surface area contributed by atoms with Crippen molar-refractivity contribution in [3.63, 3.8) is 0 Å². The van der Waals surface area contributed by atoms with Gasteiger partial charge in [-0.3, -0.25) is 4.79 Å². The van der Waals surface area contributed by atoms with E-state index in [-0.39, 0.29) is 17.6 Å². The first-order chi connectivity index (χ1) is 13.8. The first-order valence-corrected chi connectivity index (χ1v) is 10.5. The third kappa shape index (κ3) is 4.62. The molecule has 0 radical (unpaired) electrons. The number of carbonyl (C=O) groups is 1. The van der Waals surface area contributed by atoms with Gasteiger partial charge in [0.15, 0.2) is 5.78 Å². The predicted octanol–water partition coefficient (Wildman–Crippen LogP) is 4.95. The first-order valence-electron chi connectivity index (χ1n) is 9.56. The van der Waals surface area contributed by atoms with E-state index < -0.39 is 0 Å². The molecule has 0 aliphatic rings. The van der Waals surface area contributed by atoms with Gasteiger partial charge in [-0.15, -0.1) is 10.2 Å². The summed E-state index contributed by atoms with van der Waals surface area (Å²) in [6.07, 6.45) is 0. The van der Waals surface area contributed by atoms with Crippen LogP contribution in [0.5, 0.6) is 0 Å². The summed E-state index contributed by atoms with van der Waals surface area (Å²) in [4.78, 5) is 12.8. The number of Topliss-reactive ketones (excluding diaryl/α,β-unsaturated/α-hetero) is 1. The van der Waals surface area contributed by atoms with Crippen molar-refractivity contribution in [1.82, 2.24) is 14.8 Å². The van der Waals surface area contributed by atoms with Crippen LogP contribution in [0.25, 0.3) is 11.5 Å². The number of aromatic nitrogens is 3. The van der Waals surface area contributed by atoms with Crippen LogP contribution in [0.1, 0.15) is 45.8 Å². The number of carbonyl (C=O) groups excluding carboxylic acids is 1. The number of ether oxygens (including phenoxy) is 1. The molecule has 3 rings (SSSR count). The van der Waals surface area contributed by atoms with Gasteiger partial charge in [-0.2, -0.15) is 0 Å². The number of aryl methyl sites for hydroxylation is 3. The molecule has 0 amide bonds. The topological polar surface area (TPSA) is 70.2 Å². The maximum atomic E-state index is 12.8. The van der Waals surface area contributed by atoms with Gasteiger partial charge >= 0.3 is 0 Å². The molecule has 154 valence electrons. The fraction of sp³-hybridized carbons (Fsp3) is 0.409. The third-order valence-electron chi connectivity index (χ3n) is 5.12. The van der Waals surface area contributed by atoms with Gasteiger partial charge < -0.3 is 13.7 Å². The summed E-state index contributed by atoms with van der Waals surface area (Å²) < 4.78 is 13.1. The van der Waals surface area contributed by atoms with Crippen molar-refractivity contribution < 1.29 is 13.9 Å². The average Bonchev–Trinajstić information content (AvgIpc) is 3.26. The van der Waals surface area contributed by atoms with E-state index in [0.29, 0.717) is 17.7 Å². The Morgan fingerprint density at radius 3 is 2.62 bits per heavy atom. The highest BCUT2D eigenvalue weighted by Crippen LogP contribution is 2.27. The fourth-order valence-electron chi connectivity index (χ4n) is 3.52. The molecule has 0 unspecified atom stereocenters. The number of hydrogen-bond acceptors (Lipinski definition) is 6. The van der Waals surface area contributed by atoms with Gasteiger partial charge in [0, 0.05) is 29.6 Å². The van der Waals surface area contributed by atoms with Crippen molar-refractivity contribution in [2.45, 2.75) is 45.9 Å². The van der Waals surface area contributed by atoms with E-state index in [1.807, 2.05) is 45.0 Å².